The molecule has 2 saturated heterocycles. The lowest BCUT2D eigenvalue weighted by Gasteiger charge is -2.37. The van der Waals surface area contributed by atoms with Crippen LogP contribution in [0.1, 0.15) is 49.3 Å². The van der Waals surface area contributed by atoms with Gasteiger partial charge in [0.05, 0.1) is 11.8 Å². The maximum atomic E-state index is 13.1. The number of nitrogens with two attached hydrogens (primary N) is 1. The van der Waals surface area contributed by atoms with Crippen LogP contribution in [0.4, 0.5) is 4.79 Å². The van der Waals surface area contributed by atoms with Crippen LogP contribution in [-0.2, 0) is 21.5 Å². The third-order valence-corrected chi connectivity index (χ3v) is 8.98. The van der Waals surface area contributed by atoms with E-state index in [9.17, 15) is 18.0 Å². The van der Waals surface area contributed by atoms with Crippen molar-refractivity contribution in [2.75, 3.05) is 19.6 Å². The van der Waals surface area contributed by atoms with Crippen LogP contribution in [0.15, 0.2) is 59.1 Å². The highest BCUT2D eigenvalue weighted by Gasteiger charge is 2.52. The number of likely N-dealkylation sites (tertiary alicyclic amines) is 1. The second kappa shape index (κ2) is 11.6. The summed E-state index contributed by atoms with van der Waals surface area (Å²) in [6.45, 7) is 2.74. The first-order valence-electron chi connectivity index (χ1n) is 12.5. The van der Waals surface area contributed by atoms with Gasteiger partial charge in [0, 0.05) is 23.6 Å². The van der Waals surface area contributed by atoms with Gasteiger partial charge in [0.15, 0.2) is 0 Å². The molecule has 3 fully saturated rings. The molecule has 2 aromatic carbocycles. The second-order valence-electron chi connectivity index (χ2n) is 9.89. The molecule has 5 rings (SSSR count). The van der Waals surface area contributed by atoms with Gasteiger partial charge in [0.25, 0.3) is 16.0 Å². The molecule has 2 aliphatic heterocycles. The van der Waals surface area contributed by atoms with Gasteiger partial charge >= 0.3 is 6.03 Å². The molecule has 200 valence electrons. The first-order chi connectivity index (χ1) is 17.6. The molecule has 2 aromatic rings. The van der Waals surface area contributed by atoms with E-state index in [1.165, 1.54) is 4.90 Å². The van der Waals surface area contributed by atoms with Crippen LogP contribution < -0.4 is 11.1 Å². The van der Waals surface area contributed by atoms with Crippen LogP contribution in [0.25, 0.3) is 0 Å². The van der Waals surface area contributed by atoms with Crippen molar-refractivity contribution in [3.05, 3.63) is 70.2 Å². The number of piperidine rings is 1. The summed E-state index contributed by atoms with van der Waals surface area (Å²) in [5.74, 6) is -0.101. The third-order valence-electron chi connectivity index (χ3n) is 7.14. The first-order valence-corrected chi connectivity index (χ1v) is 14.7. The molecule has 1 aliphatic carbocycles. The Morgan fingerprint density at radius 1 is 1.05 bits per heavy atom. The van der Waals surface area contributed by atoms with Crippen molar-refractivity contribution in [1.82, 2.24) is 15.1 Å². The monoisotopic (exact) mass is 592 g/mol. The van der Waals surface area contributed by atoms with E-state index in [1.54, 1.807) is 0 Å². The number of nitrogens with one attached hydrogen (secondary N) is 1. The molecule has 0 aromatic heterocycles. The molecule has 3 aliphatic rings. The van der Waals surface area contributed by atoms with Gasteiger partial charge in [0.1, 0.15) is 5.54 Å². The molecule has 0 bridgehead atoms. The van der Waals surface area contributed by atoms with Crippen molar-refractivity contribution in [2.24, 2.45) is 5.73 Å². The maximum Gasteiger partial charge on any atom is 0.325 e. The van der Waals surface area contributed by atoms with E-state index >= 15 is 0 Å². The van der Waals surface area contributed by atoms with Crippen molar-refractivity contribution in [1.29, 1.82) is 0 Å². The van der Waals surface area contributed by atoms with Gasteiger partial charge in [-0.2, -0.15) is 8.42 Å². The summed E-state index contributed by atoms with van der Waals surface area (Å²) in [6.07, 6.45) is 3.41. The van der Waals surface area contributed by atoms with E-state index in [4.69, 9.17) is 10.3 Å². The molecule has 3 amide bonds. The number of hydrogen-bond acceptors (Lipinski definition) is 6. The van der Waals surface area contributed by atoms with Crippen molar-refractivity contribution >= 4 is 38.0 Å². The minimum absolute atomic E-state index is 0.0105. The Balaban J connectivity index is 0.000000396. The van der Waals surface area contributed by atoms with Crippen LogP contribution >= 0.6 is 15.9 Å². The fraction of sp³-hybridized carbons (Fsp3) is 0.462. The van der Waals surface area contributed by atoms with Gasteiger partial charge in [-0.15, -0.1) is 0 Å². The minimum Gasteiger partial charge on any atom is -0.324 e. The molecule has 37 heavy (non-hydrogen) atoms. The molecule has 11 heteroatoms. The maximum absolute atomic E-state index is 13.1. The minimum atomic E-state index is -3.63. The summed E-state index contributed by atoms with van der Waals surface area (Å²) in [7, 11) is -3.63. The predicted molar refractivity (Wildman–Crippen MR) is 144 cm³/mol. The topological polar surface area (TPSA) is 133 Å². The number of urea groups is 1. The van der Waals surface area contributed by atoms with Crippen molar-refractivity contribution in [2.45, 2.75) is 55.5 Å². The average Bonchev–Trinajstić information content (AvgIpc) is 3.72. The van der Waals surface area contributed by atoms with Gasteiger partial charge in [0.2, 0.25) is 0 Å². The van der Waals surface area contributed by atoms with Gasteiger partial charge in [-0.25, -0.2) is 4.79 Å². The highest BCUT2D eigenvalue weighted by molar-refractivity contribution is 9.10. The molecule has 1 atom stereocenters. The third kappa shape index (κ3) is 7.17. The van der Waals surface area contributed by atoms with Gasteiger partial charge in [-0.05, 0) is 61.9 Å². The predicted octanol–water partition coefficient (Wildman–Crippen LogP) is 3.46. The molecule has 0 unspecified atom stereocenters. The quantitative estimate of drug-likeness (QED) is 0.331. The smallest absolute Gasteiger partial charge is 0.324 e. The largest absolute Gasteiger partial charge is 0.325 e. The SMILES string of the molecule is N[C@@H](CCN1CCC2(CC1)NC(=O)N(Cc1ccc(Br)cc1)C2=O)c1ccccc1.O=S(=O)(O)C1CC1. The summed E-state index contributed by atoms with van der Waals surface area (Å²) in [6, 6.07) is 17.5. The fourth-order valence-electron chi connectivity index (χ4n) is 4.64. The number of imide groups is 1. The van der Waals surface area contributed by atoms with Crippen molar-refractivity contribution in [3.8, 4) is 0 Å². The molecule has 4 N–H and O–H groups in total. The molecule has 9 nitrogen and oxygen atoms in total. The van der Waals surface area contributed by atoms with Crippen LogP contribution in [-0.4, -0.2) is 65.1 Å². The second-order valence-corrected chi connectivity index (χ2v) is 12.5. The van der Waals surface area contributed by atoms with E-state index in [0.29, 0.717) is 32.2 Å². The Morgan fingerprint density at radius 3 is 2.22 bits per heavy atom. The Labute approximate surface area is 226 Å². The van der Waals surface area contributed by atoms with Gasteiger partial charge in [-0.3, -0.25) is 14.2 Å². The lowest BCUT2D eigenvalue weighted by Crippen LogP contribution is -2.55. The van der Waals surface area contributed by atoms with Crippen LogP contribution in [0, 0.1) is 0 Å². The Morgan fingerprint density at radius 2 is 1.68 bits per heavy atom. The number of hydrogen-bond donors (Lipinski definition) is 3. The van der Waals surface area contributed by atoms with E-state index in [0.717, 1.165) is 41.7 Å². The lowest BCUT2D eigenvalue weighted by molar-refractivity contribution is -0.133. The lowest BCUT2D eigenvalue weighted by atomic mass is 9.87. The number of halogens is 1. The summed E-state index contributed by atoms with van der Waals surface area (Å²) in [5, 5.41) is 2.57. The zero-order valence-electron chi connectivity index (χ0n) is 20.6. The van der Waals surface area contributed by atoms with Gasteiger partial charge in [-0.1, -0.05) is 58.4 Å². The number of carbonyl (C=O) groups is 2. The molecule has 1 spiro atoms. The molecule has 2 heterocycles. The zero-order chi connectivity index (χ0) is 26.6. The van der Waals surface area contributed by atoms with E-state index < -0.39 is 20.9 Å². The van der Waals surface area contributed by atoms with Crippen LogP contribution in [0.3, 0.4) is 0 Å². The molecule has 1 saturated carbocycles. The van der Waals surface area contributed by atoms with E-state index in [2.05, 4.69) is 38.3 Å². The highest BCUT2D eigenvalue weighted by Crippen LogP contribution is 2.31. The number of rotatable bonds is 7. The molecule has 0 radical (unpaired) electrons. The Hall–Kier alpha value is -2.31. The normalized spacial score (nSPS) is 20.4. The standard InChI is InChI=1S/C23H27BrN4O2.C3H6O3S/c24-19-8-6-17(7-9-19)16-28-21(29)23(26-22(28)30)11-14-27(15-12-23)13-10-20(25)18-4-2-1-3-5-18;4-7(5,6)3-1-2-3/h1-9,20H,10-16,25H2,(H,26,30);3H,1-2H2,(H,4,5,6)/t20-;/m0./s1. The average molecular weight is 594 g/mol. The summed E-state index contributed by atoms with van der Waals surface area (Å²) in [4.78, 5) is 29.3. The molecular formula is C26H33BrN4O5S. The number of amides is 3. The van der Waals surface area contributed by atoms with Crippen molar-refractivity contribution in [3.63, 3.8) is 0 Å². The Kier molecular flexibility index (Phi) is 8.70. The van der Waals surface area contributed by atoms with Crippen molar-refractivity contribution < 1.29 is 22.6 Å². The number of nitrogens with zero attached hydrogens (tertiary/aromatic N) is 2. The number of benzene rings is 2. The first kappa shape index (κ1) is 27.7. The zero-order valence-corrected chi connectivity index (χ0v) is 23.0. The Bertz CT molecular complexity index is 1200. The van der Waals surface area contributed by atoms with Gasteiger partial charge < -0.3 is 16.0 Å². The number of carbonyl (C=O) groups excluding carboxylic acids is 2. The van der Waals surface area contributed by atoms with E-state index in [1.807, 2.05) is 42.5 Å². The van der Waals surface area contributed by atoms with Crippen LogP contribution in [0.5, 0.6) is 0 Å². The highest BCUT2D eigenvalue weighted by atomic mass is 79.9. The fourth-order valence-corrected chi connectivity index (χ4v) is 5.64. The van der Waals surface area contributed by atoms with E-state index in [-0.39, 0.29) is 18.0 Å². The summed E-state index contributed by atoms with van der Waals surface area (Å²) in [5.41, 5.74) is 7.64. The summed E-state index contributed by atoms with van der Waals surface area (Å²) >= 11 is 3.41. The van der Waals surface area contributed by atoms with Crippen LogP contribution in [0.2, 0.25) is 0 Å². The molecular weight excluding hydrogens is 560 g/mol. The summed E-state index contributed by atoms with van der Waals surface area (Å²) < 4.78 is 29.0.